The van der Waals surface area contributed by atoms with Crippen molar-refractivity contribution in [3.05, 3.63) is 53.7 Å². The summed E-state index contributed by atoms with van der Waals surface area (Å²) in [5.41, 5.74) is 1.79. The van der Waals surface area contributed by atoms with Gasteiger partial charge < -0.3 is 14.5 Å². The zero-order chi connectivity index (χ0) is 19.9. The number of ether oxygens (including phenoxy) is 1. The molecular weight excluding hydrogens is 378 g/mol. The van der Waals surface area contributed by atoms with Crippen LogP contribution >= 0.6 is 11.3 Å². The average Bonchev–Trinajstić information content (AvgIpc) is 3.31. The second kappa shape index (κ2) is 9.18. The molecule has 0 aliphatic heterocycles. The van der Waals surface area contributed by atoms with Crippen LogP contribution in [0.2, 0.25) is 0 Å². The smallest absolute Gasteiger partial charge is 0.411 e. The van der Waals surface area contributed by atoms with Gasteiger partial charge in [-0.3, -0.25) is 10.1 Å². The number of benzene rings is 1. The van der Waals surface area contributed by atoms with Crippen molar-refractivity contribution in [3.63, 3.8) is 0 Å². The second-order valence-electron chi connectivity index (χ2n) is 6.54. The molecule has 0 atom stereocenters. The monoisotopic (exact) mass is 399 g/mol. The number of hydrogen-bond donors (Lipinski definition) is 2. The molecule has 0 fully saturated rings. The van der Waals surface area contributed by atoms with Crippen LogP contribution in [0.4, 0.5) is 16.2 Å². The van der Waals surface area contributed by atoms with Gasteiger partial charge in [-0.25, -0.2) is 9.78 Å². The first kappa shape index (κ1) is 19.6. The van der Waals surface area contributed by atoms with Crippen LogP contribution in [-0.2, 0) is 16.0 Å². The van der Waals surface area contributed by atoms with E-state index in [-0.39, 0.29) is 18.2 Å². The van der Waals surface area contributed by atoms with Gasteiger partial charge >= 0.3 is 6.09 Å². The summed E-state index contributed by atoms with van der Waals surface area (Å²) in [4.78, 5) is 28.5. The Hall–Kier alpha value is -3.13. The van der Waals surface area contributed by atoms with Crippen LogP contribution in [0.5, 0.6) is 0 Å². The molecule has 0 aliphatic rings. The zero-order valence-electron chi connectivity index (χ0n) is 15.6. The first-order valence-electron chi connectivity index (χ1n) is 8.81. The van der Waals surface area contributed by atoms with Crippen molar-refractivity contribution in [2.75, 3.05) is 17.2 Å². The van der Waals surface area contributed by atoms with Gasteiger partial charge in [-0.15, -0.1) is 11.3 Å². The van der Waals surface area contributed by atoms with Crippen molar-refractivity contribution in [2.24, 2.45) is 5.92 Å². The maximum atomic E-state index is 12.3. The number of aromatic nitrogens is 1. The first-order valence-corrected chi connectivity index (χ1v) is 9.69. The van der Waals surface area contributed by atoms with Gasteiger partial charge in [0.05, 0.1) is 25.0 Å². The normalized spacial score (nSPS) is 10.7. The maximum absolute atomic E-state index is 12.3. The van der Waals surface area contributed by atoms with E-state index in [2.05, 4.69) is 15.6 Å². The Morgan fingerprint density at radius 2 is 1.96 bits per heavy atom. The fraction of sp³-hybridized carbons (Fsp3) is 0.250. The van der Waals surface area contributed by atoms with Crippen molar-refractivity contribution in [2.45, 2.75) is 20.3 Å². The van der Waals surface area contributed by atoms with Gasteiger partial charge in [0.2, 0.25) is 5.91 Å². The summed E-state index contributed by atoms with van der Waals surface area (Å²) >= 11 is 1.43. The molecule has 28 heavy (non-hydrogen) atoms. The molecule has 2 aromatic heterocycles. The van der Waals surface area contributed by atoms with E-state index in [9.17, 15) is 9.59 Å². The van der Waals surface area contributed by atoms with Crippen molar-refractivity contribution < 1.29 is 18.7 Å². The summed E-state index contributed by atoms with van der Waals surface area (Å²) in [5, 5.41) is 8.02. The molecule has 0 aliphatic carbocycles. The molecular formula is C20H21N3O4S. The molecule has 3 aromatic rings. The summed E-state index contributed by atoms with van der Waals surface area (Å²) in [6, 6.07) is 10.5. The van der Waals surface area contributed by atoms with Gasteiger partial charge in [0, 0.05) is 16.8 Å². The molecule has 8 heteroatoms. The Morgan fingerprint density at radius 1 is 1.18 bits per heavy atom. The van der Waals surface area contributed by atoms with Crippen LogP contribution in [0.15, 0.2) is 52.5 Å². The number of nitrogens with one attached hydrogen (secondary N) is 2. The topological polar surface area (TPSA) is 93.5 Å². The van der Waals surface area contributed by atoms with E-state index in [4.69, 9.17) is 9.15 Å². The van der Waals surface area contributed by atoms with Crippen LogP contribution in [0.25, 0.3) is 10.8 Å². The van der Waals surface area contributed by atoms with Crippen LogP contribution in [-0.4, -0.2) is 23.6 Å². The summed E-state index contributed by atoms with van der Waals surface area (Å²) < 4.78 is 10.4. The van der Waals surface area contributed by atoms with Crippen LogP contribution in [0, 0.1) is 5.92 Å². The van der Waals surface area contributed by atoms with Gasteiger partial charge in [0.1, 0.15) is 0 Å². The largest absolute Gasteiger partial charge is 0.462 e. The summed E-state index contributed by atoms with van der Waals surface area (Å²) in [5.74, 6) is 0.742. The third-order valence-electron chi connectivity index (χ3n) is 3.57. The fourth-order valence-electron chi connectivity index (χ4n) is 2.34. The number of rotatable bonds is 7. The molecule has 1 aromatic carbocycles. The first-order chi connectivity index (χ1) is 13.5. The van der Waals surface area contributed by atoms with Gasteiger partial charge in [0.15, 0.2) is 10.8 Å². The number of carbonyl (C=O) groups excluding carboxylic acids is 2. The lowest BCUT2D eigenvalue weighted by molar-refractivity contribution is -0.115. The molecule has 0 saturated carbocycles. The molecule has 146 valence electrons. The van der Waals surface area contributed by atoms with Gasteiger partial charge in [-0.2, -0.15) is 0 Å². The highest BCUT2D eigenvalue weighted by Crippen LogP contribution is 2.24. The van der Waals surface area contributed by atoms with E-state index in [1.807, 2.05) is 25.3 Å². The number of hydrogen-bond acceptors (Lipinski definition) is 6. The third kappa shape index (κ3) is 5.68. The van der Waals surface area contributed by atoms with Crippen LogP contribution in [0.3, 0.4) is 0 Å². The van der Waals surface area contributed by atoms with E-state index in [1.54, 1.807) is 36.6 Å². The number of anilines is 2. The minimum Gasteiger partial charge on any atom is -0.462 e. The third-order valence-corrected chi connectivity index (χ3v) is 4.47. The van der Waals surface area contributed by atoms with Gasteiger partial charge in [-0.1, -0.05) is 19.9 Å². The van der Waals surface area contributed by atoms with Crippen molar-refractivity contribution in [1.82, 2.24) is 4.98 Å². The molecule has 2 heterocycles. The molecule has 7 nitrogen and oxygen atoms in total. The van der Waals surface area contributed by atoms with E-state index < -0.39 is 6.09 Å². The zero-order valence-corrected chi connectivity index (χ0v) is 16.4. The minimum atomic E-state index is -0.523. The highest BCUT2D eigenvalue weighted by Gasteiger charge is 2.11. The molecule has 0 spiro atoms. The van der Waals surface area contributed by atoms with E-state index in [0.29, 0.717) is 29.4 Å². The molecule has 0 saturated heterocycles. The summed E-state index contributed by atoms with van der Waals surface area (Å²) in [7, 11) is 0. The Bertz CT molecular complexity index is 935. The lowest BCUT2D eigenvalue weighted by Gasteiger charge is -2.10. The van der Waals surface area contributed by atoms with Crippen LogP contribution < -0.4 is 10.6 Å². The van der Waals surface area contributed by atoms with E-state index >= 15 is 0 Å². The number of amides is 2. The SMILES string of the molecule is CC(C)COC(=O)Nc1cccc(NC(=O)Cc2csc(-c3ccco3)n2)c1. The molecule has 0 unspecified atom stereocenters. The second-order valence-corrected chi connectivity index (χ2v) is 7.40. The standard InChI is InChI=1S/C20H21N3O4S/c1-13(2)11-27-20(25)23-15-6-3-5-14(9-15)21-18(24)10-16-12-28-19(22-16)17-7-4-8-26-17/h3-9,12-13H,10-11H2,1-2H3,(H,21,24)(H,23,25). The number of thiazole rings is 1. The summed E-state index contributed by atoms with van der Waals surface area (Å²) in [6.45, 7) is 4.27. The predicted molar refractivity (Wildman–Crippen MR) is 108 cm³/mol. The van der Waals surface area contributed by atoms with Crippen LogP contribution in [0.1, 0.15) is 19.5 Å². The number of nitrogens with zero attached hydrogens (tertiary/aromatic N) is 1. The Morgan fingerprint density at radius 3 is 2.68 bits per heavy atom. The van der Waals surface area contributed by atoms with Gasteiger partial charge in [-0.05, 0) is 36.2 Å². The van der Waals surface area contributed by atoms with Gasteiger partial charge in [0.25, 0.3) is 0 Å². The van der Waals surface area contributed by atoms with Crippen molar-refractivity contribution in [1.29, 1.82) is 0 Å². The molecule has 2 N–H and O–H groups in total. The molecule has 3 rings (SSSR count). The van der Waals surface area contributed by atoms with Crippen molar-refractivity contribution in [3.8, 4) is 10.8 Å². The highest BCUT2D eigenvalue weighted by atomic mass is 32.1. The lowest BCUT2D eigenvalue weighted by Crippen LogP contribution is -2.17. The Labute approximate surface area is 166 Å². The minimum absolute atomic E-state index is 0.144. The quantitative estimate of drug-likeness (QED) is 0.596. The number of furan rings is 1. The van der Waals surface area contributed by atoms with E-state index in [1.165, 1.54) is 11.3 Å². The maximum Gasteiger partial charge on any atom is 0.411 e. The van der Waals surface area contributed by atoms with Crippen molar-refractivity contribution >= 4 is 34.7 Å². The molecule has 0 radical (unpaired) electrons. The fourth-order valence-corrected chi connectivity index (χ4v) is 3.13. The lowest BCUT2D eigenvalue weighted by atomic mass is 10.2. The molecule has 2 amide bonds. The Balaban J connectivity index is 1.55. The molecule has 0 bridgehead atoms. The summed E-state index contributed by atoms with van der Waals surface area (Å²) in [6.07, 6.45) is 1.21. The van der Waals surface area contributed by atoms with E-state index in [0.717, 1.165) is 5.01 Å². The predicted octanol–water partition coefficient (Wildman–Crippen LogP) is 4.79. The Kier molecular flexibility index (Phi) is 6.44. The highest BCUT2D eigenvalue weighted by molar-refractivity contribution is 7.13. The number of carbonyl (C=O) groups is 2. The average molecular weight is 399 g/mol.